The van der Waals surface area contributed by atoms with Crippen molar-refractivity contribution in [1.82, 2.24) is 9.97 Å². The Morgan fingerprint density at radius 2 is 1.95 bits per heavy atom. The Kier molecular flexibility index (Phi) is 3.78. The number of hydrogen-bond donors (Lipinski definition) is 1. The van der Waals surface area contributed by atoms with E-state index >= 15 is 0 Å². The Morgan fingerprint density at radius 3 is 2.64 bits per heavy atom. The number of halogens is 2. The summed E-state index contributed by atoms with van der Waals surface area (Å²) in [6, 6.07) is 7.47. The molecule has 0 radical (unpaired) electrons. The summed E-state index contributed by atoms with van der Waals surface area (Å²) < 4.78 is 0. The number of carbonyl (C=O) groups is 1. The molecule has 1 amide bonds. The number of benzene rings is 1. The van der Waals surface area contributed by atoms with Gasteiger partial charge in [0.1, 0.15) is 5.69 Å². The van der Waals surface area contributed by atoms with E-state index in [-0.39, 0.29) is 11.2 Å². The molecule has 0 bridgehead atoms. The summed E-state index contributed by atoms with van der Waals surface area (Å²) in [7, 11) is 0. The number of primary amides is 1. The number of amides is 1. The van der Waals surface area contributed by atoms with Gasteiger partial charge in [-0.3, -0.25) is 4.79 Å². The van der Waals surface area contributed by atoms with Crippen LogP contribution in [0.3, 0.4) is 0 Å². The number of nitrogens with two attached hydrogens (primary N) is 1. The molecule has 0 unspecified atom stereocenters. The third kappa shape index (κ3) is 2.66. The van der Waals surface area contributed by atoms with Crippen LogP contribution in [0, 0.1) is 11.8 Å². The average molecular weight is 332 g/mol. The molecule has 1 fully saturated rings. The first-order chi connectivity index (χ1) is 10.5. The largest absolute Gasteiger partial charge is 0.369 e. The molecule has 3 rings (SSSR count). The van der Waals surface area contributed by atoms with Gasteiger partial charge in [0.25, 0.3) is 0 Å². The summed E-state index contributed by atoms with van der Waals surface area (Å²) in [4.78, 5) is 19.5. The van der Waals surface area contributed by atoms with Crippen LogP contribution in [0.25, 0.3) is 0 Å². The van der Waals surface area contributed by atoms with Crippen LogP contribution in [0.4, 0.5) is 0 Å². The summed E-state index contributed by atoms with van der Waals surface area (Å²) in [5, 5.41) is 0.406. The fourth-order valence-electron chi connectivity index (χ4n) is 2.34. The first-order valence-electron chi connectivity index (χ1n) is 6.62. The van der Waals surface area contributed by atoms with Crippen molar-refractivity contribution in [2.24, 2.45) is 5.73 Å². The van der Waals surface area contributed by atoms with Gasteiger partial charge in [0.05, 0.1) is 16.6 Å². The van der Waals surface area contributed by atoms with Gasteiger partial charge in [-0.05, 0) is 42.0 Å². The van der Waals surface area contributed by atoms with Gasteiger partial charge < -0.3 is 5.73 Å². The third-order valence-corrected chi connectivity index (χ3v) is 4.15. The highest BCUT2D eigenvalue weighted by atomic mass is 35.5. The van der Waals surface area contributed by atoms with E-state index in [0.717, 1.165) is 24.0 Å². The van der Waals surface area contributed by atoms with Gasteiger partial charge in [0, 0.05) is 5.56 Å². The van der Waals surface area contributed by atoms with Crippen molar-refractivity contribution < 1.29 is 4.79 Å². The Labute approximate surface area is 137 Å². The molecule has 6 heteroatoms. The standard InChI is InChI=1S/C16H11Cl2N3O/c17-12-9-20-15(18)21-13(12)6-5-10-3-1-2-4-11(10)16(7-8-16)14(19)22/h1-4,9H,7-8H2,(H2,19,22). The zero-order valence-electron chi connectivity index (χ0n) is 11.4. The number of aromatic nitrogens is 2. The van der Waals surface area contributed by atoms with Gasteiger partial charge in [-0.15, -0.1) is 0 Å². The summed E-state index contributed by atoms with van der Waals surface area (Å²) in [5.41, 5.74) is 6.89. The number of rotatable bonds is 2. The first kappa shape index (κ1) is 14.8. The van der Waals surface area contributed by atoms with Gasteiger partial charge in [-0.1, -0.05) is 35.7 Å². The maximum Gasteiger partial charge on any atom is 0.228 e. The fourth-order valence-corrected chi connectivity index (χ4v) is 2.61. The number of hydrogen-bond acceptors (Lipinski definition) is 3. The van der Waals surface area contributed by atoms with Crippen molar-refractivity contribution in [2.75, 3.05) is 0 Å². The second-order valence-electron chi connectivity index (χ2n) is 5.08. The van der Waals surface area contributed by atoms with Crippen molar-refractivity contribution in [3.8, 4) is 11.8 Å². The van der Waals surface area contributed by atoms with E-state index < -0.39 is 5.41 Å². The molecule has 4 nitrogen and oxygen atoms in total. The Hall–Kier alpha value is -2.09. The van der Waals surface area contributed by atoms with Crippen LogP contribution < -0.4 is 5.73 Å². The maximum atomic E-state index is 11.7. The van der Waals surface area contributed by atoms with E-state index in [0.29, 0.717) is 10.7 Å². The van der Waals surface area contributed by atoms with Crippen LogP contribution in [0.5, 0.6) is 0 Å². The lowest BCUT2D eigenvalue weighted by molar-refractivity contribution is -0.120. The van der Waals surface area contributed by atoms with Crippen molar-refractivity contribution in [1.29, 1.82) is 0 Å². The van der Waals surface area contributed by atoms with Gasteiger partial charge >= 0.3 is 0 Å². The minimum Gasteiger partial charge on any atom is -0.369 e. The number of carbonyl (C=O) groups excluding carboxylic acids is 1. The predicted molar refractivity (Wildman–Crippen MR) is 84.6 cm³/mol. The lowest BCUT2D eigenvalue weighted by atomic mass is 9.91. The van der Waals surface area contributed by atoms with Gasteiger partial charge in [0.2, 0.25) is 11.2 Å². The Morgan fingerprint density at radius 1 is 1.23 bits per heavy atom. The van der Waals surface area contributed by atoms with E-state index in [1.165, 1.54) is 6.20 Å². The monoisotopic (exact) mass is 331 g/mol. The first-order valence-corrected chi connectivity index (χ1v) is 7.38. The lowest BCUT2D eigenvalue weighted by Gasteiger charge is -2.13. The second-order valence-corrected chi connectivity index (χ2v) is 5.82. The fraction of sp³-hybridized carbons (Fsp3) is 0.188. The van der Waals surface area contributed by atoms with Crippen molar-refractivity contribution in [3.63, 3.8) is 0 Å². The van der Waals surface area contributed by atoms with Gasteiger partial charge in [-0.25, -0.2) is 9.97 Å². The van der Waals surface area contributed by atoms with Crippen molar-refractivity contribution in [3.05, 3.63) is 57.6 Å². The van der Waals surface area contributed by atoms with Gasteiger partial charge in [0.15, 0.2) is 0 Å². The third-order valence-electron chi connectivity index (χ3n) is 3.69. The topological polar surface area (TPSA) is 68.9 Å². The summed E-state index contributed by atoms with van der Waals surface area (Å²) in [5.74, 6) is 5.57. The van der Waals surface area contributed by atoms with E-state index in [9.17, 15) is 4.79 Å². The molecule has 0 aliphatic heterocycles. The van der Waals surface area contributed by atoms with Crippen molar-refractivity contribution in [2.45, 2.75) is 18.3 Å². The molecule has 1 aliphatic rings. The molecule has 2 aromatic rings. The van der Waals surface area contributed by atoms with Crippen molar-refractivity contribution >= 4 is 29.1 Å². The van der Waals surface area contributed by atoms with Crippen LogP contribution in [0.15, 0.2) is 30.5 Å². The molecule has 0 atom stereocenters. The Bertz CT molecular complexity index is 820. The molecule has 0 saturated heterocycles. The van der Waals surface area contributed by atoms with Crippen LogP contribution in [-0.4, -0.2) is 15.9 Å². The SMILES string of the molecule is NC(=O)C1(c2ccccc2C#Cc2nc(Cl)ncc2Cl)CC1. The summed E-state index contributed by atoms with van der Waals surface area (Å²) >= 11 is 11.7. The average Bonchev–Trinajstić information content (AvgIpc) is 3.30. The highest BCUT2D eigenvalue weighted by Gasteiger charge is 2.50. The molecular formula is C16H11Cl2N3O. The molecular weight excluding hydrogens is 321 g/mol. The highest BCUT2D eigenvalue weighted by Crippen LogP contribution is 2.48. The lowest BCUT2D eigenvalue weighted by Crippen LogP contribution is -2.29. The van der Waals surface area contributed by atoms with E-state index in [4.69, 9.17) is 28.9 Å². The maximum absolute atomic E-state index is 11.7. The van der Waals surface area contributed by atoms with Gasteiger partial charge in [-0.2, -0.15) is 0 Å². The molecule has 1 aliphatic carbocycles. The quantitative estimate of drug-likeness (QED) is 0.679. The second kappa shape index (κ2) is 5.60. The minimum absolute atomic E-state index is 0.0813. The molecule has 0 spiro atoms. The smallest absolute Gasteiger partial charge is 0.228 e. The highest BCUT2D eigenvalue weighted by molar-refractivity contribution is 6.32. The molecule has 22 heavy (non-hydrogen) atoms. The molecule has 110 valence electrons. The molecule has 1 aromatic heterocycles. The predicted octanol–water partition coefficient (Wildman–Crippen LogP) is 2.70. The minimum atomic E-state index is -0.585. The molecule has 1 saturated carbocycles. The zero-order valence-corrected chi connectivity index (χ0v) is 12.9. The number of nitrogens with zero attached hydrogens (tertiary/aromatic N) is 2. The van der Waals surface area contributed by atoms with Crippen LogP contribution in [-0.2, 0) is 10.2 Å². The van der Waals surface area contributed by atoms with E-state index in [1.807, 2.05) is 24.3 Å². The molecule has 2 N–H and O–H groups in total. The zero-order chi connectivity index (χ0) is 15.7. The Balaban J connectivity index is 2.03. The van der Waals surface area contributed by atoms with E-state index in [1.54, 1.807) is 0 Å². The molecule has 1 heterocycles. The summed E-state index contributed by atoms with van der Waals surface area (Å²) in [6.45, 7) is 0. The van der Waals surface area contributed by atoms with Crippen LogP contribution in [0.2, 0.25) is 10.3 Å². The summed E-state index contributed by atoms with van der Waals surface area (Å²) in [6.07, 6.45) is 2.90. The van der Waals surface area contributed by atoms with E-state index in [2.05, 4.69) is 21.8 Å². The normalized spacial score (nSPS) is 14.8. The van der Waals surface area contributed by atoms with Crippen LogP contribution in [0.1, 0.15) is 29.7 Å². The van der Waals surface area contributed by atoms with Crippen LogP contribution >= 0.6 is 23.2 Å². The molecule has 1 aromatic carbocycles.